The highest BCUT2D eigenvalue weighted by Crippen LogP contribution is 2.41. The van der Waals surface area contributed by atoms with Crippen LogP contribution in [0.3, 0.4) is 0 Å². The zero-order valence-electron chi connectivity index (χ0n) is 15.4. The van der Waals surface area contributed by atoms with E-state index < -0.39 is 0 Å². The van der Waals surface area contributed by atoms with Crippen LogP contribution in [0.15, 0.2) is 12.1 Å². The maximum Gasteiger partial charge on any atom is 0.112 e. The van der Waals surface area contributed by atoms with E-state index in [2.05, 4.69) is 60.3 Å². The van der Waals surface area contributed by atoms with Crippen molar-refractivity contribution in [2.45, 2.75) is 51.7 Å². The van der Waals surface area contributed by atoms with Gasteiger partial charge in [-0.25, -0.2) is 0 Å². The van der Waals surface area contributed by atoms with Crippen LogP contribution in [0.1, 0.15) is 49.6 Å². The summed E-state index contributed by atoms with van der Waals surface area (Å²) in [5.74, 6) is 0. The van der Waals surface area contributed by atoms with Gasteiger partial charge in [-0.3, -0.25) is 5.10 Å². The lowest BCUT2D eigenvalue weighted by molar-refractivity contribution is 0.793. The van der Waals surface area contributed by atoms with Crippen molar-refractivity contribution in [1.82, 2.24) is 15.2 Å². The second kappa shape index (κ2) is 5.84. The fourth-order valence-corrected chi connectivity index (χ4v) is 4.19. The molecule has 0 fully saturated rings. The Morgan fingerprint density at radius 2 is 2.00 bits per heavy atom. The van der Waals surface area contributed by atoms with Gasteiger partial charge >= 0.3 is 0 Å². The van der Waals surface area contributed by atoms with E-state index in [1.807, 2.05) is 0 Å². The van der Waals surface area contributed by atoms with E-state index in [0.717, 1.165) is 31.5 Å². The van der Waals surface area contributed by atoms with Gasteiger partial charge in [0.15, 0.2) is 0 Å². The summed E-state index contributed by atoms with van der Waals surface area (Å²) in [6, 6.07) is 4.56. The van der Waals surface area contributed by atoms with Crippen LogP contribution in [0.25, 0.3) is 22.3 Å². The lowest BCUT2D eigenvalue weighted by atomic mass is 9.96. The average molecular weight is 355 g/mol. The topological polar surface area (TPSA) is 56.5 Å². The summed E-state index contributed by atoms with van der Waals surface area (Å²) >= 11 is 4.82. The molecule has 0 saturated heterocycles. The number of aromatic amines is 2. The number of benzene rings is 1. The number of thiol groups is 1. The second-order valence-electron chi connectivity index (χ2n) is 7.54. The molecule has 1 aliphatic rings. The average Bonchev–Trinajstić information content (AvgIpc) is 3.01. The largest absolute Gasteiger partial charge is 0.385 e. The van der Waals surface area contributed by atoms with Crippen LogP contribution in [-0.2, 0) is 17.6 Å². The molecule has 132 valence electrons. The first kappa shape index (κ1) is 16.6. The molecule has 0 bridgehead atoms. The van der Waals surface area contributed by atoms with Gasteiger partial charge in [0.2, 0.25) is 0 Å². The molecule has 1 aromatic carbocycles. The molecule has 0 aliphatic heterocycles. The van der Waals surface area contributed by atoms with E-state index in [1.54, 1.807) is 0 Å². The summed E-state index contributed by atoms with van der Waals surface area (Å²) in [4.78, 5) is 3.66. The van der Waals surface area contributed by atoms with Crippen LogP contribution in [-0.4, -0.2) is 21.7 Å². The third-order valence-corrected chi connectivity index (χ3v) is 5.48. The number of aromatic nitrogens is 3. The van der Waals surface area contributed by atoms with Crippen molar-refractivity contribution in [1.29, 1.82) is 0 Å². The van der Waals surface area contributed by atoms with Gasteiger partial charge in [0.25, 0.3) is 0 Å². The second-order valence-corrected chi connectivity index (χ2v) is 8.66. The van der Waals surface area contributed by atoms with Crippen LogP contribution in [0.4, 0.5) is 5.69 Å². The standard InChI is InChI=1S/C20H26N4S/c1-5-21-17-9-14-13-8-6-7-12-11(2)23-24-19(12)18(13)22-16(14)10-15(17)20(3,4)25/h9-10,21-22,25H,5-8H2,1-4H3,(H,23,24). The number of hydrogen-bond donors (Lipinski definition) is 4. The van der Waals surface area contributed by atoms with E-state index in [0.29, 0.717) is 0 Å². The van der Waals surface area contributed by atoms with Gasteiger partial charge in [0.1, 0.15) is 5.69 Å². The molecule has 1 aliphatic carbocycles. The fraction of sp³-hybridized carbons (Fsp3) is 0.450. The quantitative estimate of drug-likeness (QED) is 0.503. The number of H-pyrrole nitrogens is 2. The number of anilines is 1. The molecule has 4 nitrogen and oxygen atoms in total. The number of aryl methyl sites for hydroxylation is 2. The van der Waals surface area contributed by atoms with Crippen molar-refractivity contribution in [2.24, 2.45) is 0 Å². The van der Waals surface area contributed by atoms with Gasteiger partial charge in [0.05, 0.1) is 5.69 Å². The van der Waals surface area contributed by atoms with Crippen molar-refractivity contribution < 1.29 is 0 Å². The lowest BCUT2D eigenvalue weighted by Gasteiger charge is -2.23. The Labute approximate surface area is 154 Å². The van der Waals surface area contributed by atoms with Crippen LogP contribution < -0.4 is 5.32 Å². The van der Waals surface area contributed by atoms with Crippen LogP contribution in [0.2, 0.25) is 0 Å². The molecule has 3 N–H and O–H groups in total. The summed E-state index contributed by atoms with van der Waals surface area (Å²) in [7, 11) is 0. The van der Waals surface area contributed by atoms with Gasteiger partial charge in [0, 0.05) is 39.1 Å². The summed E-state index contributed by atoms with van der Waals surface area (Å²) < 4.78 is -0.206. The molecule has 25 heavy (non-hydrogen) atoms. The molecule has 2 heterocycles. The number of fused-ring (bicyclic) bond motifs is 5. The highest BCUT2D eigenvalue weighted by Gasteiger charge is 2.25. The van der Waals surface area contributed by atoms with Gasteiger partial charge in [-0.05, 0) is 70.2 Å². The molecule has 0 saturated carbocycles. The van der Waals surface area contributed by atoms with Gasteiger partial charge < -0.3 is 10.3 Å². The van der Waals surface area contributed by atoms with Crippen LogP contribution >= 0.6 is 12.6 Å². The molecule has 0 amide bonds. The van der Waals surface area contributed by atoms with Gasteiger partial charge in [-0.1, -0.05) is 0 Å². The number of nitrogens with zero attached hydrogens (tertiary/aromatic N) is 1. The van der Waals surface area contributed by atoms with Gasteiger partial charge in [-0.2, -0.15) is 17.7 Å². The molecular formula is C20H26N4S. The normalized spacial score (nSPS) is 14.3. The molecule has 0 radical (unpaired) electrons. The molecular weight excluding hydrogens is 328 g/mol. The predicted octanol–water partition coefficient (Wildman–Crippen LogP) is 4.95. The summed E-state index contributed by atoms with van der Waals surface area (Å²) in [6.07, 6.45) is 3.33. The monoisotopic (exact) mass is 354 g/mol. The Balaban J connectivity index is 1.99. The molecule has 5 heteroatoms. The summed E-state index contributed by atoms with van der Waals surface area (Å²) in [5, 5.41) is 12.6. The highest BCUT2D eigenvalue weighted by molar-refractivity contribution is 7.81. The predicted molar refractivity (Wildman–Crippen MR) is 109 cm³/mol. The van der Waals surface area contributed by atoms with Crippen molar-refractivity contribution in [3.63, 3.8) is 0 Å². The van der Waals surface area contributed by atoms with Crippen molar-refractivity contribution >= 4 is 29.2 Å². The molecule has 0 spiro atoms. The van der Waals surface area contributed by atoms with E-state index in [-0.39, 0.29) is 4.75 Å². The Morgan fingerprint density at radius 1 is 1.24 bits per heavy atom. The Bertz CT molecular complexity index is 943. The smallest absolute Gasteiger partial charge is 0.112 e. The van der Waals surface area contributed by atoms with E-state index >= 15 is 0 Å². The Hall–Kier alpha value is -1.88. The lowest BCUT2D eigenvalue weighted by Crippen LogP contribution is -2.12. The SMILES string of the molecule is CCNc1cc2c3c([nH]c2cc1C(C)(C)S)-c1n[nH]c(C)c1CCC3. The molecule has 3 aromatic rings. The molecule has 2 aromatic heterocycles. The number of nitrogens with one attached hydrogen (secondary N) is 3. The van der Waals surface area contributed by atoms with E-state index in [4.69, 9.17) is 12.6 Å². The number of rotatable bonds is 3. The maximum atomic E-state index is 4.82. The molecule has 0 atom stereocenters. The minimum Gasteiger partial charge on any atom is -0.385 e. The number of hydrogen-bond acceptors (Lipinski definition) is 3. The summed E-state index contributed by atoms with van der Waals surface area (Å²) in [5.41, 5.74) is 9.79. The Morgan fingerprint density at radius 3 is 2.72 bits per heavy atom. The zero-order valence-corrected chi connectivity index (χ0v) is 16.3. The van der Waals surface area contributed by atoms with E-state index in [1.165, 1.54) is 44.7 Å². The van der Waals surface area contributed by atoms with Crippen molar-refractivity contribution in [3.8, 4) is 11.4 Å². The first-order valence-corrected chi connectivity index (χ1v) is 9.54. The fourth-order valence-electron chi connectivity index (χ4n) is 4.01. The van der Waals surface area contributed by atoms with Crippen molar-refractivity contribution in [3.05, 3.63) is 34.5 Å². The molecule has 4 rings (SSSR count). The third kappa shape index (κ3) is 2.65. The minimum atomic E-state index is -0.206. The molecule has 0 unspecified atom stereocenters. The first-order valence-electron chi connectivity index (χ1n) is 9.09. The highest BCUT2D eigenvalue weighted by atomic mass is 32.1. The van der Waals surface area contributed by atoms with Crippen molar-refractivity contribution in [2.75, 3.05) is 11.9 Å². The third-order valence-electron chi connectivity index (χ3n) is 5.23. The van der Waals surface area contributed by atoms with Gasteiger partial charge in [-0.15, -0.1) is 0 Å². The van der Waals surface area contributed by atoms with Crippen LogP contribution in [0, 0.1) is 6.92 Å². The minimum absolute atomic E-state index is 0.206. The summed E-state index contributed by atoms with van der Waals surface area (Å²) in [6.45, 7) is 9.43. The zero-order chi connectivity index (χ0) is 17.8. The Kier molecular flexibility index (Phi) is 3.87. The van der Waals surface area contributed by atoms with Crippen LogP contribution in [0.5, 0.6) is 0 Å². The van der Waals surface area contributed by atoms with E-state index in [9.17, 15) is 0 Å². The maximum absolute atomic E-state index is 4.82. The first-order chi connectivity index (χ1) is 11.9.